The van der Waals surface area contributed by atoms with Crippen molar-refractivity contribution in [1.82, 2.24) is 9.80 Å². The third kappa shape index (κ3) is 4.10. The van der Waals surface area contributed by atoms with Gasteiger partial charge < -0.3 is 10.0 Å². The van der Waals surface area contributed by atoms with Crippen LogP contribution in [0.5, 0.6) is 5.75 Å². The molecule has 0 bridgehead atoms. The molecular weight excluding hydrogens is 260 g/mol. The summed E-state index contributed by atoms with van der Waals surface area (Å²) in [5, 5.41) is 10.5. The summed E-state index contributed by atoms with van der Waals surface area (Å²) in [6.07, 6.45) is 2.45. The molecule has 19 heavy (non-hydrogen) atoms. The van der Waals surface area contributed by atoms with E-state index in [0.29, 0.717) is 10.8 Å². The van der Waals surface area contributed by atoms with Gasteiger partial charge in [-0.05, 0) is 58.1 Å². The summed E-state index contributed by atoms with van der Waals surface area (Å²) in [6.45, 7) is 4.09. The Hall–Kier alpha value is -0.770. The van der Waals surface area contributed by atoms with Gasteiger partial charge in [-0.3, -0.25) is 4.90 Å². The van der Waals surface area contributed by atoms with Crippen molar-refractivity contribution in [2.24, 2.45) is 5.92 Å². The number of benzene rings is 1. The van der Waals surface area contributed by atoms with Gasteiger partial charge in [-0.2, -0.15) is 0 Å². The first-order chi connectivity index (χ1) is 9.06. The zero-order valence-corrected chi connectivity index (χ0v) is 12.5. The fourth-order valence-electron chi connectivity index (χ4n) is 2.77. The Morgan fingerprint density at radius 2 is 2.00 bits per heavy atom. The Morgan fingerprint density at radius 1 is 1.32 bits per heavy atom. The van der Waals surface area contributed by atoms with Crippen LogP contribution in [-0.2, 0) is 6.54 Å². The number of aromatic hydroxyl groups is 1. The van der Waals surface area contributed by atoms with Crippen LogP contribution in [0.4, 0.5) is 0 Å². The zero-order valence-electron chi connectivity index (χ0n) is 11.8. The molecule has 1 N–H and O–H groups in total. The summed E-state index contributed by atoms with van der Waals surface area (Å²) in [6, 6.07) is 5.33. The molecule has 0 saturated carbocycles. The molecule has 4 heteroatoms. The summed E-state index contributed by atoms with van der Waals surface area (Å²) in [5.74, 6) is 1.11. The largest absolute Gasteiger partial charge is 0.508 e. The number of hydrogen-bond acceptors (Lipinski definition) is 3. The van der Waals surface area contributed by atoms with Gasteiger partial charge in [-0.25, -0.2) is 0 Å². The van der Waals surface area contributed by atoms with E-state index in [-0.39, 0.29) is 0 Å². The summed E-state index contributed by atoms with van der Waals surface area (Å²) in [7, 11) is 4.27. The lowest BCUT2D eigenvalue weighted by Crippen LogP contribution is -2.36. The lowest BCUT2D eigenvalue weighted by atomic mass is 9.96. The highest BCUT2D eigenvalue weighted by molar-refractivity contribution is 6.31. The minimum absolute atomic E-state index is 0.308. The first kappa shape index (κ1) is 14.6. The number of halogens is 1. The van der Waals surface area contributed by atoms with Crippen molar-refractivity contribution in [3.8, 4) is 5.75 Å². The number of nitrogens with zero attached hydrogens (tertiary/aromatic N) is 2. The van der Waals surface area contributed by atoms with Crippen molar-refractivity contribution in [2.45, 2.75) is 19.4 Å². The number of phenolic OH excluding ortho intramolecular Hbond substituents is 1. The standard InChI is InChI=1S/C15H23ClN2O/c1-17(2)10-12-6-8-18(9-7-12)11-13-14(16)4-3-5-15(13)19/h3-5,12,19H,6-11H2,1-2H3. The molecule has 0 radical (unpaired) electrons. The molecule has 1 aliphatic heterocycles. The first-order valence-corrected chi connectivity index (χ1v) is 7.27. The van der Waals surface area contributed by atoms with Crippen LogP contribution in [0.2, 0.25) is 5.02 Å². The number of likely N-dealkylation sites (tertiary alicyclic amines) is 1. The van der Waals surface area contributed by atoms with E-state index in [0.717, 1.165) is 31.1 Å². The average Bonchev–Trinajstić information content (AvgIpc) is 2.35. The molecule has 1 aliphatic rings. The molecule has 2 rings (SSSR count). The molecule has 0 spiro atoms. The Balaban J connectivity index is 1.89. The lowest BCUT2D eigenvalue weighted by molar-refractivity contribution is 0.156. The summed E-state index contributed by atoms with van der Waals surface area (Å²) < 4.78 is 0. The van der Waals surface area contributed by atoms with E-state index in [4.69, 9.17) is 11.6 Å². The van der Waals surface area contributed by atoms with Gasteiger partial charge in [-0.1, -0.05) is 17.7 Å². The normalized spacial score (nSPS) is 18.1. The molecule has 1 aromatic carbocycles. The molecule has 106 valence electrons. The number of piperidine rings is 1. The number of phenols is 1. The van der Waals surface area contributed by atoms with Crippen molar-refractivity contribution < 1.29 is 5.11 Å². The van der Waals surface area contributed by atoms with Crippen molar-refractivity contribution in [1.29, 1.82) is 0 Å². The maximum absolute atomic E-state index is 9.88. The number of rotatable bonds is 4. The van der Waals surface area contributed by atoms with Gasteiger partial charge in [0, 0.05) is 23.7 Å². The fourth-order valence-corrected chi connectivity index (χ4v) is 3.00. The van der Waals surface area contributed by atoms with Crippen LogP contribution in [0.3, 0.4) is 0 Å². The van der Waals surface area contributed by atoms with Crippen molar-refractivity contribution in [3.63, 3.8) is 0 Å². The molecule has 0 atom stereocenters. The van der Waals surface area contributed by atoms with Gasteiger partial charge in [-0.15, -0.1) is 0 Å². The molecular formula is C15H23ClN2O. The predicted octanol–water partition coefficient (Wildman–Crippen LogP) is 2.82. The van der Waals surface area contributed by atoms with Crippen molar-refractivity contribution >= 4 is 11.6 Å². The van der Waals surface area contributed by atoms with Gasteiger partial charge in [0.1, 0.15) is 5.75 Å². The summed E-state index contributed by atoms with van der Waals surface area (Å²) >= 11 is 6.15. The van der Waals surface area contributed by atoms with Gasteiger partial charge in [0.25, 0.3) is 0 Å². The van der Waals surface area contributed by atoms with Gasteiger partial charge in [0.2, 0.25) is 0 Å². The van der Waals surface area contributed by atoms with Gasteiger partial charge in [0.05, 0.1) is 0 Å². The molecule has 1 fully saturated rings. The fraction of sp³-hybridized carbons (Fsp3) is 0.600. The molecule has 1 heterocycles. The Labute approximate surface area is 120 Å². The Bertz CT molecular complexity index is 394. The Kier molecular flexibility index (Phi) is 5.08. The van der Waals surface area contributed by atoms with Crippen LogP contribution in [0, 0.1) is 5.92 Å². The molecule has 1 aromatic rings. The highest BCUT2D eigenvalue weighted by Gasteiger charge is 2.21. The summed E-state index contributed by atoms with van der Waals surface area (Å²) in [4.78, 5) is 4.65. The maximum Gasteiger partial charge on any atom is 0.121 e. The van der Waals surface area contributed by atoms with Crippen LogP contribution >= 0.6 is 11.6 Å². The second-order valence-corrected chi connectivity index (χ2v) is 6.13. The van der Waals surface area contributed by atoms with E-state index < -0.39 is 0 Å². The van der Waals surface area contributed by atoms with E-state index in [1.165, 1.54) is 19.4 Å². The monoisotopic (exact) mass is 282 g/mol. The predicted molar refractivity (Wildman–Crippen MR) is 79.7 cm³/mol. The Morgan fingerprint density at radius 3 is 2.58 bits per heavy atom. The van der Waals surface area contributed by atoms with Gasteiger partial charge >= 0.3 is 0 Å². The van der Waals surface area contributed by atoms with Crippen molar-refractivity contribution in [3.05, 3.63) is 28.8 Å². The molecule has 3 nitrogen and oxygen atoms in total. The average molecular weight is 283 g/mol. The van der Waals surface area contributed by atoms with Gasteiger partial charge in [0.15, 0.2) is 0 Å². The zero-order chi connectivity index (χ0) is 13.8. The second kappa shape index (κ2) is 6.60. The minimum Gasteiger partial charge on any atom is -0.508 e. The number of hydrogen-bond donors (Lipinski definition) is 1. The maximum atomic E-state index is 9.88. The molecule has 1 saturated heterocycles. The molecule has 0 aliphatic carbocycles. The third-order valence-electron chi connectivity index (χ3n) is 3.81. The second-order valence-electron chi connectivity index (χ2n) is 5.72. The van der Waals surface area contributed by atoms with Crippen LogP contribution < -0.4 is 0 Å². The molecule has 0 unspecified atom stereocenters. The smallest absolute Gasteiger partial charge is 0.121 e. The topological polar surface area (TPSA) is 26.7 Å². The van der Waals surface area contributed by atoms with E-state index >= 15 is 0 Å². The highest BCUT2D eigenvalue weighted by Crippen LogP contribution is 2.28. The van der Waals surface area contributed by atoms with Crippen molar-refractivity contribution in [2.75, 3.05) is 33.7 Å². The highest BCUT2D eigenvalue weighted by atomic mass is 35.5. The van der Waals surface area contributed by atoms with Crippen LogP contribution in [0.25, 0.3) is 0 Å². The summed E-state index contributed by atoms with van der Waals surface area (Å²) in [5.41, 5.74) is 0.857. The minimum atomic E-state index is 0.308. The quantitative estimate of drug-likeness (QED) is 0.920. The van der Waals surface area contributed by atoms with Crippen LogP contribution in [-0.4, -0.2) is 48.6 Å². The molecule has 0 amide bonds. The van der Waals surface area contributed by atoms with E-state index in [1.54, 1.807) is 12.1 Å². The van der Waals surface area contributed by atoms with Crippen LogP contribution in [0.1, 0.15) is 18.4 Å². The SMILES string of the molecule is CN(C)CC1CCN(Cc2c(O)cccc2Cl)CC1. The molecule has 0 aromatic heterocycles. The van der Waals surface area contributed by atoms with E-state index in [2.05, 4.69) is 23.9 Å². The lowest BCUT2D eigenvalue weighted by Gasteiger charge is -2.33. The van der Waals surface area contributed by atoms with Crippen LogP contribution in [0.15, 0.2) is 18.2 Å². The van der Waals surface area contributed by atoms with E-state index in [1.807, 2.05) is 6.07 Å². The first-order valence-electron chi connectivity index (χ1n) is 6.89. The third-order valence-corrected chi connectivity index (χ3v) is 4.16. The van der Waals surface area contributed by atoms with E-state index in [9.17, 15) is 5.11 Å².